The Kier molecular flexibility index (Phi) is 4.91. The first-order valence-corrected chi connectivity index (χ1v) is 7.36. The third-order valence-corrected chi connectivity index (χ3v) is 3.78. The quantitative estimate of drug-likeness (QED) is 0.795. The molecule has 1 aromatic carbocycles. The summed E-state index contributed by atoms with van der Waals surface area (Å²) in [4.78, 5) is 12.5. The van der Waals surface area contributed by atoms with E-state index in [1.54, 1.807) is 16.9 Å². The highest BCUT2D eigenvalue weighted by Crippen LogP contribution is 2.27. The van der Waals surface area contributed by atoms with Crippen molar-refractivity contribution in [2.24, 2.45) is 11.1 Å². The molecule has 1 heterocycles. The number of carbonyl (C=O) groups is 1. The molecule has 0 unspecified atom stereocenters. The van der Waals surface area contributed by atoms with Gasteiger partial charge in [0, 0.05) is 6.42 Å². The fraction of sp³-hybridized carbons (Fsp3) is 0.412. The summed E-state index contributed by atoms with van der Waals surface area (Å²) in [6, 6.07) is 11.5. The van der Waals surface area contributed by atoms with Crippen LogP contribution < -0.4 is 5.73 Å². The van der Waals surface area contributed by atoms with Crippen LogP contribution in [0.15, 0.2) is 42.6 Å². The largest absolute Gasteiger partial charge is 0.330 e. The fourth-order valence-corrected chi connectivity index (χ4v) is 2.39. The highest BCUT2D eigenvalue weighted by Gasteiger charge is 2.20. The van der Waals surface area contributed by atoms with E-state index >= 15 is 0 Å². The van der Waals surface area contributed by atoms with E-state index in [-0.39, 0.29) is 11.2 Å². The van der Waals surface area contributed by atoms with Gasteiger partial charge in [-0.25, -0.2) is 4.68 Å². The summed E-state index contributed by atoms with van der Waals surface area (Å²) in [5, 5.41) is 4.26. The summed E-state index contributed by atoms with van der Waals surface area (Å²) in [6.45, 7) is 4.96. The number of benzene rings is 1. The van der Waals surface area contributed by atoms with Gasteiger partial charge in [0.2, 0.25) is 0 Å². The number of Topliss-reactive ketones (excluding diaryl/α,β-unsaturated/α-hetero) is 1. The van der Waals surface area contributed by atoms with Gasteiger partial charge in [0.15, 0.2) is 5.78 Å². The lowest BCUT2D eigenvalue weighted by Gasteiger charge is -2.23. The maximum absolute atomic E-state index is 12.5. The molecule has 0 aliphatic heterocycles. The molecule has 0 amide bonds. The number of ketones is 1. The van der Waals surface area contributed by atoms with Gasteiger partial charge in [0.25, 0.3) is 0 Å². The lowest BCUT2D eigenvalue weighted by Crippen LogP contribution is -2.19. The molecule has 4 heteroatoms. The topological polar surface area (TPSA) is 60.9 Å². The molecule has 0 aliphatic carbocycles. The maximum Gasteiger partial charge on any atom is 0.181 e. The molecule has 21 heavy (non-hydrogen) atoms. The molecule has 0 radical (unpaired) electrons. The minimum Gasteiger partial charge on any atom is -0.330 e. The van der Waals surface area contributed by atoms with Crippen molar-refractivity contribution >= 4 is 5.78 Å². The van der Waals surface area contributed by atoms with Crippen LogP contribution in [-0.2, 0) is 0 Å². The second-order valence-electron chi connectivity index (χ2n) is 6.09. The predicted octanol–water partition coefficient (Wildman–Crippen LogP) is 3.21. The maximum atomic E-state index is 12.5. The van der Waals surface area contributed by atoms with E-state index in [0.717, 1.165) is 18.5 Å². The zero-order chi connectivity index (χ0) is 15.3. The van der Waals surface area contributed by atoms with Crippen LogP contribution in [0.2, 0.25) is 0 Å². The first-order chi connectivity index (χ1) is 10.0. The Morgan fingerprint density at radius 3 is 2.57 bits per heavy atom. The molecular weight excluding hydrogens is 262 g/mol. The van der Waals surface area contributed by atoms with Gasteiger partial charge in [-0.1, -0.05) is 32.0 Å². The monoisotopic (exact) mass is 285 g/mol. The van der Waals surface area contributed by atoms with E-state index in [2.05, 4.69) is 18.9 Å². The molecule has 1 aromatic heterocycles. The van der Waals surface area contributed by atoms with Gasteiger partial charge >= 0.3 is 0 Å². The van der Waals surface area contributed by atoms with Gasteiger partial charge in [-0.15, -0.1) is 0 Å². The van der Waals surface area contributed by atoms with Crippen molar-refractivity contribution in [3.05, 3.63) is 48.3 Å². The van der Waals surface area contributed by atoms with E-state index in [9.17, 15) is 4.79 Å². The third-order valence-electron chi connectivity index (χ3n) is 3.78. The Hall–Kier alpha value is -1.94. The van der Waals surface area contributed by atoms with Crippen LogP contribution in [0.25, 0.3) is 5.69 Å². The van der Waals surface area contributed by atoms with Crippen LogP contribution in [0.1, 0.15) is 43.6 Å². The minimum absolute atomic E-state index is 0.0992. The predicted molar refractivity (Wildman–Crippen MR) is 84.6 cm³/mol. The highest BCUT2D eigenvalue weighted by atomic mass is 16.1. The molecule has 0 saturated heterocycles. The van der Waals surface area contributed by atoms with E-state index in [1.807, 2.05) is 30.3 Å². The van der Waals surface area contributed by atoms with Crippen molar-refractivity contribution in [2.75, 3.05) is 6.54 Å². The summed E-state index contributed by atoms with van der Waals surface area (Å²) in [6.07, 6.45) is 3.96. The van der Waals surface area contributed by atoms with E-state index < -0.39 is 0 Å². The van der Waals surface area contributed by atoms with Gasteiger partial charge in [0.05, 0.1) is 11.9 Å². The summed E-state index contributed by atoms with van der Waals surface area (Å²) in [7, 11) is 0. The number of nitrogens with zero attached hydrogens (tertiary/aromatic N) is 2. The van der Waals surface area contributed by atoms with Gasteiger partial charge in [-0.3, -0.25) is 4.79 Å². The Bertz CT molecular complexity index is 587. The van der Waals surface area contributed by atoms with Crippen molar-refractivity contribution in [3.8, 4) is 5.69 Å². The average Bonchev–Trinajstić information content (AvgIpc) is 2.95. The standard InChI is InChI=1S/C17H23N3O/c1-17(2,11-12-18)10-8-16(21)15-9-13-19-20(15)14-6-4-3-5-7-14/h3-7,9,13H,8,10-12,18H2,1-2H3. The highest BCUT2D eigenvalue weighted by molar-refractivity contribution is 5.94. The van der Waals surface area contributed by atoms with Crippen LogP contribution in [0.5, 0.6) is 0 Å². The summed E-state index contributed by atoms with van der Waals surface area (Å²) >= 11 is 0. The van der Waals surface area contributed by atoms with Crippen molar-refractivity contribution in [1.29, 1.82) is 0 Å². The van der Waals surface area contributed by atoms with Gasteiger partial charge in [-0.05, 0) is 43.0 Å². The lowest BCUT2D eigenvalue weighted by atomic mass is 9.83. The summed E-state index contributed by atoms with van der Waals surface area (Å²) < 4.78 is 1.71. The second kappa shape index (κ2) is 6.68. The molecule has 0 fully saturated rings. The molecular formula is C17H23N3O. The van der Waals surface area contributed by atoms with Crippen molar-refractivity contribution < 1.29 is 4.79 Å². The molecule has 4 nitrogen and oxygen atoms in total. The van der Waals surface area contributed by atoms with Crippen LogP contribution in [0.3, 0.4) is 0 Å². The van der Waals surface area contributed by atoms with Gasteiger partial charge < -0.3 is 5.73 Å². The normalized spacial score (nSPS) is 11.6. The molecule has 0 atom stereocenters. The third kappa shape index (κ3) is 4.02. The molecule has 0 bridgehead atoms. The minimum atomic E-state index is 0.0992. The van der Waals surface area contributed by atoms with Crippen LogP contribution in [0.4, 0.5) is 0 Å². The lowest BCUT2D eigenvalue weighted by molar-refractivity contribution is 0.0954. The first-order valence-electron chi connectivity index (χ1n) is 7.36. The molecule has 2 rings (SSSR count). The zero-order valence-electron chi connectivity index (χ0n) is 12.7. The number of nitrogens with two attached hydrogens (primary N) is 1. The van der Waals surface area contributed by atoms with Crippen molar-refractivity contribution in [1.82, 2.24) is 9.78 Å². The molecule has 0 aliphatic rings. The number of aromatic nitrogens is 2. The number of carbonyl (C=O) groups excluding carboxylic acids is 1. The summed E-state index contributed by atoms with van der Waals surface area (Å²) in [5.74, 6) is 0.126. The van der Waals surface area contributed by atoms with E-state index in [0.29, 0.717) is 18.7 Å². The molecule has 0 spiro atoms. The van der Waals surface area contributed by atoms with Gasteiger partial charge in [0.1, 0.15) is 5.69 Å². The number of hydrogen-bond acceptors (Lipinski definition) is 3. The molecule has 2 N–H and O–H groups in total. The SMILES string of the molecule is CC(C)(CCN)CCC(=O)c1ccnn1-c1ccccc1. The van der Waals surface area contributed by atoms with Crippen molar-refractivity contribution in [3.63, 3.8) is 0 Å². The Morgan fingerprint density at radius 2 is 1.90 bits per heavy atom. The van der Waals surface area contributed by atoms with Crippen LogP contribution >= 0.6 is 0 Å². The van der Waals surface area contributed by atoms with E-state index in [1.165, 1.54) is 0 Å². The Morgan fingerprint density at radius 1 is 1.19 bits per heavy atom. The number of rotatable bonds is 7. The second-order valence-corrected chi connectivity index (χ2v) is 6.09. The zero-order valence-corrected chi connectivity index (χ0v) is 12.7. The van der Waals surface area contributed by atoms with Crippen LogP contribution in [-0.4, -0.2) is 22.1 Å². The molecule has 112 valence electrons. The van der Waals surface area contributed by atoms with Gasteiger partial charge in [-0.2, -0.15) is 5.10 Å². The smallest absolute Gasteiger partial charge is 0.181 e. The first kappa shape index (κ1) is 15.4. The summed E-state index contributed by atoms with van der Waals surface area (Å²) in [5.41, 5.74) is 7.27. The molecule has 0 saturated carbocycles. The van der Waals surface area contributed by atoms with Crippen molar-refractivity contribution in [2.45, 2.75) is 33.1 Å². The number of hydrogen-bond donors (Lipinski definition) is 1. The fourth-order valence-electron chi connectivity index (χ4n) is 2.39. The van der Waals surface area contributed by atoms with E-state index in [4.69, 9.17) is 5.73 Å². The number of para-hydroxylation sites is 1. The Balaban J connectivity index is 2.10. The van der Waals surface area contributed by atoms with Crippen LogP contribution in [0, 0.1) is 5.41 Å². The Labute approximate surface area is 126 Å². The average molecular weight is 285 g/mol. The molecule has 2 aromatic rings.